The maximum Gasteiger partial charge on any atom is 0.254 e. The Morgan fingerprint density at radius 1 is 1.23 bits per heavy atom. The van der Waals surface area contributed by atoms with Crippen LogP contribution < -0.4 is 4.72 Å². The third kappa shape index (κ3) is 3.87. The fourth-order valence-corrected chi connectivity index (χ4v) is 3.97. The number of hydrogen-bond donors (Lipinski definition) is 1. The Morgan fingerprint density at radius 3 is 2.41 bits per heavy atom. The molecule has 0 radical (unpaired) electrons. The minimum absolute atomic E-state index is 0.0204. The molecule has 0 saturated carbocycles. The van der Waals surface area contributed by atoms with Crippen LogP contribution in [0.4, 0.5) is 0 Å². The van der Waals surface area contributed by atoms with Crippen molar-refractivity contribution in [2.45, 2.75) is 57.0 Å². The maximum atomic E-state index is 12.5. The van der Waals surface area contributed by atoms with Crippen molar-refractivity contribution in [2.75, 3.05) is 6.54 Å². The van der Waals surface area contributed by atoms with Crippen molar-refractivity contribution < 1.29 is 13.2 Å². The normalized spacial score (nSPS) is 19.5. The number of sulfonamides is 1. The van der Waals surface area contributed by atoms with E-state index in [0.717, 1.165) is 25.8 Å². The van der Waals surface area contributed by atoms with Gasteiger partial charge >= 0.3 is 0 Å². The van der Waals surface area contributed by atoms with E-state index in [1.165, 1.54) is 12.1 Å². The van der Waals surface area contributed by atoms with Crippen molar-refractivity contribution in [3.05, 3.63) is 29.8 Å². The number of nitrogens with one attached hydrogen (secondary N) is 1. The summed E-state index contributed by atoms with van der Waals surface area (Å²) in [6.07, 6.45) is 3.21. The van der Waals surface area contributed by atoms with Gasteiger partial charge in [0.2, 0.25) is 10.0 Å². The summed E-state index contributed by atoms with van der Waals surface area (Å²) in [5.74, 6) is -0.0204. The topological polar surface area (TPSA) is 66.5 Å². The quantitative estimate of drug-likeness (QED) is 0.925. The van der Waals surface area contributed by atoms with Crippen molar-refractivity contribution in [2.24, 2.45) is 0 Å². The van der Waals surface area contributed by atoms with Crippen LogP contribution in [0.5, 0.6) is 0 Å². The molecule has 0 aromatic heterocycles. The first kappa shape index (κ1) is 17.0. The molecule has 0 spiro atoms. The first-order valence-electron chi connectivity index (χ1n) is 7.74. The van der Waals surface area contributed by atoms with Gasteiger partial charge in [-0.2, -0.15) is 0 Å². The van der Waals surface area contributed by atoms with Gasteiger partial charge in [0.05, 0.1) is 4.90 Å². The summed E-state index contributed by atoms with van der Waals surface area (Å²) >= 11 is 0. The number of likely N-dealkylation sites (tertiary alicyclic amines) is 1. The number of piperidine rings is 1. The highest BCUT2D eigenvalue weighted by atomic mass is 32.2. The Balaban J connectivity index is 2.16. The number of amides is 1. The van der Waals surface area contributed by atoms with E-state index < -0.39 is 10.0 Å². The smallest absolute Gasteiger partial charge is 0.254 e. The molecule has 1 aromatic carbocycles. The standard InChI is InChI=1S/C16H24N2O3S/c1-12(2)17-22(20,21)15-9-7-14(8-10-15)16(19)18-11-5-4-6-13(18)3/h7-10,12-13,17H,4-6,11H2,1-3H3. The molecule has 1 amide bonds. The van der Waals surface area contributed by atoms with E-state index in [0.29, 0.717) is 5.56 Å². The lowest BCUT2D eigenvalue weighted by Gasteiger charge is -2.33. The first-order chi connectivity index (χ1) is 10.3. The summed E-state index contributed by atoms with van der Waals surface area (Å²) in [4.78, 5) is 14.6. The molecule has 0 aliphatic carbocycles. The van der Waals surface area contributed by atoms with E-state index in [9.17, 15) is 13.2 Å². The van der Waals surface area contributed by atoms with Crippen LogP contribution in [0.25, 0.3) is 0 Å². The van der Waals surface area contributed by atoms with E-state index >= 15 is 0 Å². The highest BCUT2D eigenvalue weighted by molar-refractivity contribution is 7.89. The number of nitrogens with zero attached hydrogens (tertiary/aromatic N) is 1. The molecule has 6 heteroatoms. The molecule has 1 saturated heterocycles. The highest BCUT2D eigenvalue weighted by Crippen LogP contribution is 2.20. The fourth-order valence-electron chi connectivity index (χ4n) is 2.72. The molecular formula is C16H24N2O3S. The molecular weight excluding hydrogens is 300 g/mol. The van der Waals surface area contributed by atoms with Gasteiger partial charge in [0.1, 0.15) is 0 Å². The molecule has 1 unspecified atom stereocenters. The number of rotatable bonds is 4. The summed E-state index contributed by atoms with van der Waals surface area (Å²) in [6, 6.07) is 6.25. The van der Waals surface area contributed by atoms with Gasteiger partial charge in [-0.15, -0.1) is 0 Å². The molecule has 1 aromatic rings. The summed E-state index contributed by atoms with van der Waals surface area (Å²) < 4.78 is 26.7. The molecule has 1 fully saturated rings. The van der Waals surface area contributed by atoms with E-state index in [1.807, 2.05) is 4.90 Å². The van der Waals surface area contributed by atoms with E-state index in [2.05, 4.69) is 11.6 Å². The van der Waals surface area contributed by atoms with Gasteiger partial charge in [0.25, 0.3) is 5.91 Å². The van der Waals surface area contributed by atoms with Gasteiger partial charge in [-0.3, -0.25) is 4.79 Å². The molecule has 0 bridgehead atoms. The molecule has 1 heterocycles. The second kappa shape index (κ2) is 6.79. The summed E-state index contributed by atoms with van der Waals surface area (Å²) in [7, 11) is -3.51. The Labute approximate surface area is 132 Å². The van der Waals surface area contributed by atoms with Crippen LogP contribution in [0.15, 0.2) is 29.2 Å². The van der Waals surface area contributed by atoms with Gasteiger partial charge in [0.15, 0.2) is 0 Å². The van der Waals surface area contributed by atoms with Crippen LogP contribution in [0.3, 0.4) is 0 Å². The minimum atomic E-state index is -3.51. The SMILES string of the molecule is CC(C)NS(=O)(=O)c1ccc(C(=O)N2CCCCC2C)cc1. The predicted octanol–water partition coefficient (Wildman–Crippen LogP) is 2.39. The zero-order valence-electron chi connectivity index (χ0n) is 13.4. The number of benzene rings is 1. The van der Waals surface area contributed by atoms with Crippen LogP contribution in [0.1, 0.15) is 50.4 Å². The summed E-state index contributed by atoms with van der Waals surface area (Å²) in [5, 5.41) is 0. The summed E-state index contributed by atoms with van der Waals surface area (Å²) in [6.45, 7) is 6.37. The molecule has 1 aliphatic rings. The van der Waals surface area contributed by atoms with Crippen LogP contribution in [0.2, 0.25) is 0 Å². The summed E-state index contributed by atoms with van der Waals surface area (Å²) in [5.41, 5.74) is 0.539. The van der Waals surface area contributed by atoms with Gasteiger partial charge in [-0.25, -0.2) is 13.1 Å². The average Bonchev–Trinajstić information content (AvgIpc) is 2.46. The highest BCUT2D eigenvalue weighted by Gasteiger charge is 2.24. The van der Waals surface area contributed by atoms with Gasteiger partial charge in [-0.05, 0) is 64.3 Å². The zero-order chi connectivity index (χ0) is 16.3. The second-order valence-corrected chi connectivity index (χ2v) is 7.86. The molecule has 1 atom stereocenters. The first-order valence-corrected chi connectivity index (χ1v) is 9.23. The zero-order valence-corrected chi connectivity index (χ0v) is 14.2. The van der Waals surface area contributed by atoms with Gasteiger partial charge in [0, 0.05) is 24.2 Å². The fraction of sp³-hybridized carbons (Fsp3) is 0.562. The predicted molar refractivity (Wildman–Crippen MR) is 86.2 cm³/mol. The number of hydrogen-bond acceptors (Lipinski definition) is 3. The monoisotopic (exact) mass is 324 g/mol. The Bertz CT molecular complexity index is 623. The Hall–Kier alpha value is -1.40. The van der Waals surface area contributed by atoms with E-state index in [1.54, 1.807) is 26.0 Å². The van der Waals surface area contributed by atoms with Crippen molar-refractivity contribution in [3.8, 4) is 0 Å². The van der Waals surface area contributed by atoms with Crippen molar-refractivity contribution in [1.82, 2.24) is 9.62 Å². The third-order valence-electron chi connectivity index (χ3n) is 3.87. The molecule has 1 N–H and O–H groups in total. The lowest BCUT2D eigenvalue weighted by atomic mass is 10.0. The lowest BCUT2D eigenvalue weighted by molar-refractivity contribution is 0.0635. The van der Waals surface area contributed by atoms with Gasteiger partial charge < -0.3 is 4.90 Å². The molecule has 1 aliphatic heterocycles. The number of carbonyl (C=O) groups is 1. The molecule has 5 nitrogen and oxygen atoms in total. The number of carbonyl (C=O) groups excluding carboxylic acids is 1. The van der Waals surface area contributed by atoms with Crippen molar-refractivity contribution in [1.29, 1.82) is 0 Å². The molecule has 2 rings (SSSR count). The van der Waals surface area contributed by atoms with Crippen LogP contribution in [0, 0.1) is 0 Å². The van der Waals surface area contributed by atoms with Crippen molar-refractivity contribution >= 4 is 15.9 Å². The Morgan fingerprint density at radius 2 is 1.86 bits per heavy atom. The average molecular weight is 324 g/mol. The van der Waals surface area contributed by atoms with Gasteiger partial charge in [-0.1, -0.05) is 0 Å². The molecule has 22 heavy (non-hydrogen) atoms. The minimum Gasteiger partial charge on any atom is -0.336 e. The van der Waals surface area contributed by atoms with Crippen molar-refractivity contribution in [3.63, 3.8) is 0 Å². The van der Waals surface area contributed by atoms with Crippen LogP contribution in [-0.2, 0) is 10.0 Å². The van der Waals surface area contributed by atoms with E-state index in [-0.39, 0.29) is 22.9 Å². The van der Waals surface area contributed by atoms with Crippen LogP contribution in [-0.4, -0.2) is 37.9 Å². The van der Waals surface area contributed by atoms with E-state index in [4.69, 9.17) is 0 Å². The lowest BCUT2D eigenvalue weighted by Crippen LogP contribution is -2.42. The molecule has 122 valence electrons. The maximum absolute atomic E-state index is 12.5. The largest absolute Gasteiger partial charge is 0.336 e. The second-order valence-electron chi connectivity index (χ2n) is 6.14. The third-order valence-corrected chi connectivity index (χ3v) is 5.54. The Kier molecular flexibility index (Phi) is 5.24. The van der Waals surface area contributed by atoms with Crippen LogP contribution >= 0.6 is 0 Å².